The molecule has 0 atom stereocenters. The summed E-state index contributed by atoms with van der Waals surface area (Å²) in [5.74, 6) is 0.937. The molecule has 84 valence electrons. The van der Waals surface area contributed by atoms with Crippen molar-refractivity contribution in [2.75, 3.05) is 0 Å². The Bertz CT molecular complexity index is 300. The number of rotatable bonds is 6. The summed E-state index contributed by atoms with van der Waals surface area (Å²) < 4.78 is 0. The Hall–Kier alpha value is -0.630. The van der Waals surface area contributed by atoms with Crippen LogP contribution in [-0.4, -0.2) is 9.97 Å². The molecule has 0 spiro atoms. The summed E-state index contributed by atoms with van der Waals surface area (Å²) in [5, 5.41) is 0.712. The van der Waals surface area contributed by atoms with Crippen LogP contribution in [0.25, 0.3) is 0 Å². The molecule has 0 fully saturated rings. The lowest BCUT2D eigenvalue weighted by Gasteiger charge is -2.04. The molecule has 0 aliphatic rings. The van der Waals surface area contributed by atoms with E-state index in [1.54, 1.807) is 6.20 Å². The predicted octanol–water partition coefficient (Wildman–Crippen LogP) is 3.82. The molecule has 3 heteroatoms. The molecule has 0 aromatic carbocycles. The molecule has 15 heavy (non-hydrogen) atoms. The third kappa shape index (κ3) is 4.17. The van der Waals surface area contributed by atoms with Gasteiger partial charge in [-0.05, 0) is 19.3 Å². The van der Waals surface area contributed by atoms with Crippen molar-refractivity contribution >= 4 is 11.6 Å². The van der Waals surface area contributed by atoms with Crippen molar-refractivity contribution in [2.24, 2.45) is 0 Å². The minimum absolute atomic E-state index is 0.712. The highest BCUT2D eigenvalue weighted by Gasteiger charge is 2.04. The zero-order valence-corrected chi connectivity index (χ0v) is 10.3. The van der Waals surface area contributed by atoms with Crippen LogP contribution in [-0.2, 0) is 12.8 Å². The zero-order valence-electron chi connectivity index (χ0n) is 9.59. The number of nitrogens with zero attached hydrogens (tertiary/aromatic N) is 2. The van der Waals surface area contributed by atoms with Crippen molar-refractivity contribution in [2.45, 2.75) is 52.4 Å². The number of hydrogen-bond donors (Lipinski definition) is 0. The maximum atomic E-state index is 6.04. The van der Waals surface area contributed by atoms with Crippen molar-refractivity contribution < 1.29 is 0 Å². The van der Waals surface area contributed by atoms with Gasteiger partial charge in [0.25, 0.3) is 0 Å². The average molecular weight is 227 g/mol. The van der Waals surface area contributed by atoms with Crippen molar-refractivity contribution in [3.63, 3.8) is 0 Å². The van der Waals surface area contributed by atoms with Crippen LogP contribution in [0.1, 0.15) is 51.0 Å². The van der Waals surface area contributed by atoms with Gasteiger partial charge in [-0.3, -0.25) is 0 Å². The molecule has 1 rings (SSSR count). The molecule has 0 amide bonds. The fourth-order valence-electron chi connectivity index (χ4n) is 1.42. The second-order valence-electron chi connectivity index (χ2n) is 3.79. The molecule has 0 saturated carbocycles. The van der Waals surface area contributed by atoms with E-state index in [9.17, 15) is 0 Å². The summed E-state index contributed by atoms with van der Waals surface area (Å²) in [6, 6.07) is 0. The quantitative estimate of drug-likeness (QED) is 0.737. The van der Waals surface area contributed by atoms with Gasteiger partial charge in [0.05, 0.1) is 10.7 Å². The molecule has 0 radical (unpaired) electrons. The van der Waals surface area contributed by atoms with E-state index >= 15 is 0 Å². The standard InChI is InChI=1S/C12H19ClN2/c1-3-5-7-11-10(13)9-14-12(15-11)8-6-4-2/h9H,3-8H2,1-2H3. The van der Waals surface area contributed by atoms with Gasteiger partial charge in [0.1, 0.15) is 5.82 Å². The molecule has 1 heterocycles. The summed E-state index contributed by atoms with van der Waals surface area (Å²) in [5.41, 5.74) is 1.01. The van der Waals surface area contributed by atoms with Crippen molar-refractivity contribution in [3.05, 3.63) is 22.7 Å². The Balaban J connectivity index is 2.66. The van der Waals surface area contributed by atoms with E-state index in [-0.39, 0.29) is 0 Å². The molecule has 0 saturated heterocycles. The van der Waals surface area contributed by atoms with Crippen molar-refractivity contribution in [1.82, 2.24) is 9.97 Å². The molecule has 1 aromatic rings. The summed E-state index contributed by atoms with van der Waals surface area (Å²) >= 11 is 6.04. The first-order chi connectivity index (χ1) is 7.27. The molecule has 0 N–H and O–H groups in total. The molecule has 0 aliphatic heterocycles. The van der Waals surface area contributed by atoms with Crippen molar-refractivity contribution in [1.29, 1.82) is 0 Å². The van der Waals surface area contributed by atoms with Gasteiger partial charge in [-0.15, -0.1) is 0 Å². The first kappa shape index (κ1) is 12.4. The third-order valence-electron chi connectivity index (χ3n) is 2.39. The van der Waals surface area contributed by atoms with E-state index in [1.165, 1.54) is 12.8 Å². The van der Waals surface area contributed by atoms with Gasteiger partial charge in [-0.25, -0.2) is 9.97 Å². The van der Waals surface area contributed by atoms with E-state index in [4.69, 9.17) is 11.6 Å². The highest BCUT2D eigenvalue weighted by atomic mass is 35.5. The minimum atomic E-state index is 0.712. The topological polar surface area (TPSA) is 25.8 Å². The lowest BCUT2D eigenvalue weighted by molar-refractivity contribution is 0.724. The van der Waals surface area contributed by atoms with Gasteiger partial charge in [-0.1, -0.05) is 38.3 Å². The molecular weight excluding hydrogens is 208 g/mol. The Kier molecular flexibility index (Phi) is 5.62. The maximum absolute atomic E-state index is 6.04. The molecule has 0 unspecified atom stereocenters. The van der Waals surface area contributed by atoms with Gasteiger partial charge < -0.3 is 0 Å². The number of aryl methyl sites for hydroxylation is 2. The molecule has 2 nitrogen and oxygen atoms in total. The van der Waals surface area contributed by atoms with Gasteiger partial charge in [0.2, 0.25) is 0 Å². The fourth-order valence-corrected chi connectivity index (χ4v) is 1.60. The van der Waals surface area contributed by atoms with Crippen LogP contribution >= 0.6 is 11.6 Å². The molecular formula is C12H19ClN2. The van der Waals surface area contributed by atoms with Gasteiger partial charge >= 0.3 is 0 Å². The van der Waals surface area contributed by atoms with E-state index < -0.39 is 0 Å². The number of unbranched alkanes of at least 4 members (excludes halogenated alkanes) is 2. The molecule has 1 aromatic heterocycles. The van der Waals surface area contributed by atoms with Crippen LogP contribution in [0.4, 0.5) is 0 Å². The summed E-state index contributed by atoms with van der Waals surface area (Å²) in [6.07, 6.45) is 8.31. The highest BCUT2D eigenvalue weighted by molar-refractivity contribution is 6.31. The maximum Gasteiger partial charge on any atom is 0.128 e. The normalized spacial score (nSPS) is 10.6. The van der Waals surface area contributed by atoms with Crippen LogP contribution < -0.4 is 0 Å². The van der Waals surface area contributed by atoms with Crippen LogP contribution in [0.2, 0.25) is 5.02 Å². The monoisotopic (exact) mass is 226 g/mol. The number of aromatic nitrogens is 2. The van der Waals surface area contributed by atoms with Crippen molar-refractivity contribution in [3.8, 4) is 0 Å². The lowest BCUT2D eigenvalue weighted by Crippen LogP contribution is -2.00. The van der Waals surface area contributed by atoms with E-state index in [2.05, 4.69) is 23.8 Å². The van der Waals surface area contributed by atoms with E-state index in [0.29, 0.717) is 5.02 Å². The zero-order chi connectivity index (χ0) is 11.1. The fraction of sp³-hybridized carbons (Fsp3) is 0.667. The Morgan fingerprint density at radius 1 is 1.13 bits per heavy atom. The molecule has 0 bridgehead atoms. The minimum Gasteiger partial charge on any atom is -0.240 e. The van der Waals surface area contributed by atoms with Gasteiger partial charge in [-0.2, -0.15) is 0 Å². The number of halogens is 1. The first-order valence-electron chi connectivity index (χ1n) is 5.78. The van der Waals surface area contributed by atoms with Crippen LogP contribution in [0.3, 0.4) is 0 Å². The van der Waals surface area contributed by atoms with E-state index in [1.807, 2.05) is 0 Å². The average Bonchev–Trinajstić information content (AvgIpc) is 2.26. The second kappa shape index (κ2) is 6.78. The number of hydrogen-bond acceptors (Lipinski definition) is 2. The van der Waals surface area contributed by atoms with Crippen LogP contribution in [0.5, 0.6) is 0 Å². The van der Waals surface area contributed by atoms with Crippen LogP contribution in [0, 0.1) is 0 Å². The predicted molar refractivity (Wildman–Crippen MR) is 64.3 cm³/mol. The Labute approximate surface area is 97.1 Å². The summed E-state index contributed by atoms with van der Waals surface area (Å²) in [4.78, 5) is 8.75. The molecule has 0 aliphatic carbocycles. The third-order valence-corrected chi connectivity index (χ3v) is 2.70. The summed E-state index contributed by atoms with van der Waals surface area (Å²) in [7, 11) is 0. The Morgan fingerprint density at radius 3 is 2.47 bits per heavy atom. The largest absolute Gasteiger partial charge is 0.240 e. The second-order valence-corrected chi connectivity index (χ2v) is 4.20. The SMILES string of the molecule is CCCCc1ncc(Cl)c(CCCC)n1. The van der Waals surface area contributed by atoms with Gasteiger partial charge in [0.15, 0.2) is 0 Å². The first-order valence-corrected chi connectivity index (χ1v) is 6.16. The lowest BCUT2D eigenvalue weighted by atomic mass is 10.2. The van der Waals surface area contributed by atoms with Gasteiger partial charge in [0, 0.05) is 12.6 Å². The van der Waals surface area contributed by atoms with Crippen LogP contribution in [0.15, 0.2) is 6.20 Å². The highest BCUT2D eigenvalue weighted by Crippen LogP contribution is 2.15. The Morgan fingerprint density at radius 2 is 1.80 bits per heavy atom. The van der Waals surface area contributed by atoms with E-state index in [0.717, 1.165) is 37.2 Å². The summed E-state index contributed by atoms with van der Waals surface area (Å²) in [6.45, 7) is 4.35. The smallest absolute Gasteiger partial charge is 0.128 e.